The SMILES string of the molecule is Cc1cc(Cl)c(C#CCC(N)=O)cc1F. The zero-order valence-corrected chi connectivity index (χ0v) is 8.86. The number of hydrogen-bond acceptors (Lipinski definition) is 1. The fraction of sp³-hybridized carbons (Fsp3) is 0.182. The maximum Gasteiger partial charge on any atom is 0.229 e. The van der Waals surface area contributed by atoms with Crippen molar-refractivity contribution in [3.63, 3.8) is 0 Å². The van der Waals surface area contributed by atoms with E-state index in [2.05, 4.69) is 11.8 Å². The first-order chi connectivity index (χ1) is 7.00. The summed E-state index contributed by atoms with van der Waals surface area (Å²) >= 11 is 5.83. The Hall–Kier alpha value is -1.53. The van der Waals surface area contributed by atoms with E-state index in [1.807, 2.05) is 0 Å². The molecule has 1 aromatic carbocycles. The molecule has 0 aliphatic heterocycles. The van der Waals surface area contributed by atoms with Crippen molar-refractivity contribution < 1.29 is 9.18 Å². The number of primary amides is 1. The molecule has 0 aromatic heterocycles. The normalized spacial score (nSPS) is 9.27. The minimum Gasteiger partial charge on any atom is -0.369 e. The second-order valence-electron chi connectivity index (χ2n) is 3.03. The van der Waals surface area contributed by atoms with Crippen LogP contribution in [0.25, 0.3) is 0 Å². The molecule has 1 rings (SSSR count). The Bertz CT molecular complexity index is 460. The van der Waals surface area contributed by atoms with Gasteiger partial charge in [0, 0.05) is 5.56 Å². The largest absolute Gasteiger partial charge is 0.369 e. The molecule has 0 saturated carbocycles. The number of amides is 1. The first kappa shape index (κ1) is 11.5. The van der Waals surface area contributed by atoms with Crippen LogP contribution in [0.4, 0.5) is 4.39 Å². The predicted octanol–water partition coefficient (Wildman–Crippen LogP) is 2.01. The summed E-state index contributed by atoms with van der Waals surface area (Å²) in [6.45, 7) is 1.61. The van der Waals surface area contributed by atoms with E-state index in [4.69, 9.17) is 17.3 Å². The van der Waals surface area contributed by atoms with Gasteiger partial charge in [-0.1, -0.05) is 23.4 Å². The lowest BCUT2D eigenvalue weighted by atomic mass is 10.1. The fourth-order valence-electron chi connectivity index (χ4n) is 0.969. The Morgan fingerprint density at radius 3 is 2.87 bits per heavy atom. The Morgan fingerprint density at radius 2 is 2.27 bits per heavy atom. The molecule has 0 spiro atoms. The number of nitrogens with two attached hydrogens (primary N) is 1. The van der Waals surface area contributed by atoms with Gasteiger partial charge in [-0.05, 0) is 24.6 Å². The highest BCUT2D eigenvalue weighted by atomic mass is 35.5. The van der Waals surface area contributed by atoms with Gasteiger partial charge in [0.2, 0.25) is 5.91 Å². The van der Waals surface area contributed by atoms with E-state index in [9.17, 15) is 9.18 Å². The standard InChI is InChI=1S/C11H9ClFNO/c1-7-5-9(12)8(6-10(7)13)3-2-4-11(14)15/h5-6H,4H2,1H3,(H2,14,15). The van der Waals surface area contributed by atoms with Crippen LogP contribution < -0.4 is 5.73 Å². The molecule has 4 heteroatoms. The molecule has 0 atom stereocenters. The molecule has 0 heterocycles. The van der Waals surface area contributed by atoms with Crippen LogP contribution in [0.2, 0.25) is 5.02 Å². The molecule has 2 nitrogen and oxygen atoms in total. The van der Waals surface area contributed by atoms with Gasteiger partial charge in [0.25, 0.3) is 0 Å². The molecule has 2 N–H and O–H groups in total. The molecule has 0 unspecified atom stereocenters. The van der Waals surface area contributed by atoms with Gasteiger partial charge in [-0.25, -0.2) is 4.39 Å². The lowest BCUT2D eigenvalue weighted by Gasteiger charge is -1.99. The molecule has 0 fully saturated rings. The van der Waals surface area contributed by atoms with Crippen molar-refractivity contribution in [2.75, 3.05) is 0 Å². The quantitative estimate of drug-likeness (QED) is 0.730. The second-order valence-corrected chi connectivity index (χ2v) is 3.43. The van der Waals surface area contributed by atoms with Crippen LogP contribution in [0.15, 0.2) is 12.1 Å². The van der Waals surface area contributed by atoms with Crippen LogP contribution in [-0.4, -0.2) is 5.91 Å². The van der Waals surface area contributed by atoms with Crippen molar-refractivity contribution in [3.8, 4) is 11.8 Å². The van der Waals surface area contributed by atoms with E-state index in [-0.39, 0.29) is 12.2 Å². The lowest BCUT2D eigenvalue weighted by molar-refractivity contribution is -0.117. The molecule has 1 aromatic rings. The van der Waals surface area contributed by atoms with Gasteiger partial charge in [-0.2, -0.15) is 0 Å². The van der Waals surface area contributed by atoms with Crippen molar-refractivity contribution in [3.05, 3.63) is 34.1 Å². The second kappa shape index (κ2) is 4.81. The number of carbonyl (C=O) groups is 1. The maximum absolute atomic E-state index is 13.1. The van der Waals surface area contributed by atoms with E-state index in [0.717, 1.165) is 0 Å². The monoisotopic (exact) mass is 225 g/mol. The smallest absolute Gasteiger partial charge is 0.229 e. The van der Waals surface area contributed by atoms with Crippen molar-refractivity contribution in [2.45, 2.75) is 13.3 Å². The molecule has 0 bridgehead atoms. The van der Waals surface area contributed by atoms with Gasteiger partial charge < -0.3 is 5.73 Å². The highest BCUT2D eigenvalue weighted by Crippen LogP contribution is 2.19. The van der Waals surface area contributed by atoms with Crippen molar-refractivity contribution in [1.29, 1.82) is 0 Å². The van der Waals surface area contributed by atoms with Gasteiger partial charge >= 0.3 is 0 Å². The fourth-order valence-corrected chi connectivity index (χ4v) is 1.23. The Labute approximate surface area is 92.2 Å². The topological polar surface area (TPSA) is 43.1 Å². The van der Waals surface area contributed by atoms with Crippen LogP contribution in [0, 0.1) is 24.6 Å². The Morgan fingerprint density at radius 1 is 1.60 bits per heavy atom. The van der Waals surface area contributed by atoms with Crippen molar-refractivity contribution >= 4 is 17.5 Å². The zero-order chi connectivity index (χ0) is 11.4. The summed E-state index contributed by atoms with van der Waals surface area (Å²) in [5.74, 6) is 4.21. The van der Waals surface area contributed by atoms with Gasteiger partial charge in [0.05, 0.1) is 11.4 Å². The van der Waals surface area contributed by atoms with Gasteiger partial charge in [-0.3, -0.25) is 4.79 Å². The molecular weight excluding hydrogens is 217 g/mol. The maximum atomic E-state index is 13.1. The van der Waals surface area contributed by atoms with E-state index >= 15 is 0 Å². The number of rotatable bonds is 1. The summed E-state index contributed by atoms with van der Waals surface area (Å²) in [6, 6.07) is 2.73. The Kier molecular flexibility index (Phi) is 3.70. The molecule has 78 valence electrons. The first-order valence-electron chi connectivity index (χ1n) is 4.23. The minimum atomic E-state index is -0.522. The van der Waals surface area contributed by atoms with E-state index in [1.165, 1.54) is 12.1 Å². The van der Waals surface area contributed by atoms with Crippen molar-refractivity contribution in [1.82, 2.24) is 0 Å². The van der Waals surface area contributed by atoms with E-state index in [1.54, 1.807) is 6.92 Å². The number of aryl methyl sites for hydroxylation is 1. The number of halogens is 2. The third-order valence-electron chi connectivity index (χ3n) is 1.73. The van der Waals surface area contributed by atoms with Crippen LogP contribution in [0.5, 0.6) is 0 Å². The third-order valence-corrected chi connectivity index (χ3v) is 2.05. The first-order valence-corrected chi connectivity index (χ1v) is 4.61. The molecule has 15 heavy (non-hydrogen) atoms. The molecule has 0 aliphatic rings. The molecule has 1 amide bonds. The molecule has 0 radical (unpaired) electrons. The average Bonchev–Trinajstić information content (AvgIpc) is 2.13. The Balaban J connectivity index is 2.98. The molecular formula is C11H9ClFNO. The number of carbonyl (C=O) groups excluding carboxylic acids is 1. The van der Waals surface area contributed by atoms with Crippen molar-refractivity contribution in [2.24, 2.45) is 5.73 Å². The minimum absolute atomic E-state index is 0.0637. The van der Waals surface area contributed by atoms with Crippen LogP contribution in [0.1, 0.15) is 17.5 Å². The number of benzene rings is 1. The molecule has 0 saturated heterocycles. The summed E-state index contributed by atoms with van der Waals surface area (Å²) in [7, 11) is 0. The highest BCUT2D eigenvalue weighted by Gasteiger charge is 2.03. The van der Waals surface area contributed by atoms with Crippen LogP contribution >= 0.6 is 11.6 Å². The van der Waals surface area contributed by atoms with Gasteiger partial charge in [0.15, 0.2) is 0 Å². The molecule has 0 aliphatic carbocycles. The summed E-state index contributed by atoms with van der Waals surface area (Å²) < 4.78 is 13.1. The average molecular weight is 226 g/mol. The van der Waals surface area contributed by atoms with E-state index < -0.39 is 5.91 Å². The summed E-state index contributed by atoms with van der Waals surface area (Å²) in [6.07, 6.45) is -0.0637. The zero-order valence-electron chi connectivity index (χ0n) is 8.10. The summed E-state index contributed by atoms with van der Waals surface area (Å²) in [5, 5.41) is 0.367. The van der Waals surface area contributed by atoms with Gasteiger partial charge in [-0.15, -0.1) is 0 Å². The van der Waals surface area contributed by atoms with Crippen LogP contribution in [0.3, 0.4) is 0 Å². The van der Waals surface area contributed by atoms with Crippen LogP contribution in [-0.2, 0) is 4.79 Å². The lowest BCUT2D eigenvalue weighted by Crippen LogP contribution is -2.08. The summed E-state index contributed by atoms with van der Waals surface area (Å²) in [5.41, 5.74) is 5.72. The van der Waals surface area contributed by atoms with Gasteiger partial charge in [0.1, 0.15) is 5.82 Å². The predicted molar refractivity (Wildman–Crippen MR) is 56.8 cm³/mol. The third kappa shape index (κ3) is 3.26. The van der Waals surface area contributed by atoms with E-state index in [0.29, 0.717) is 16.1 Å². The highest BCUT2D eigenvalue weighted by molar-refractivity contribution is 6.31. The summed E-state index contributed by atoms with van der Waals surface area (Å²) in [4.78, 5) is 10.4. The number of hydrogen-bond donors (Lipinski definition) is 1.